The molecule has 0 radical (unpaired) electrons. The zero-order valence-electron chi connectivity index (χ0n) is 7.16. The lowest BCUT2D eigenvalue weighted by molar-refractivity contribution is -0.153. The Hall–Kier alpha value is -1.66. The first kappa shape index (κ1) is 10.4. The number of hydrogen-bond acceptors (Lipinski definition) is 5. The first-order valence-corrected chi connectivity index (χ1v) is 3.83. The van der Waals surface area contributed by atoms with Crippen LogP contribution in [0.15, 0.2) is 18.2 Å². The normalized spacial score (nSPS) is 14.7. The van der Waals surface area contributed by atoms with Crippen molar-refractivity contribution in [3.63, 3.8) is 0 Å². The maximum atomic E-state index is 10.3. The van der Waals surface area contributed by atoms with Gasteiger partial charge in [-0.3, -0.25) is 0 Å². The fraction of sp³-hybridized carbons (Fsp3) is 0.250. The van der Waals surface area contributed by atoms with Crippen molar-refractivity contribution in [2.24, 2.45) is 0 Å². The molecule has 0 bridgehead atoms. The number of carboxylic acid groups (broad SMARTS) is 1. The van der Waals surface area contributed by atoms with E-state index in [0.29, 0.717) is 0 Å². The molecule has 1 aromatic rings. The molecule has 2 atom stereocenters. The van der Waals surface area contributed by atoms with Gasteiger partial charge in [0.05, 0.1) is 5.69 Å². The summed E-state index contributed by atoms with van der Waals surface area (Å²) in [5.74, 6) is -1.36. The topological polar surface area (TPSA) is 117 Å². The molecule has 0 amide bonds. The third-order valence-corrected chi connectivity index (χ3v) is 1.65. The van der Waals surface area contributed by atoms with E-state index in [2.05, 4.69) is 4.98 Å². The number of aliphatic carboxylic acids is 1. The fourth-order valence-corrected chi connectivity index (χ4v) is 0.930. The second-order valence-corrected chi connectivity index (χ2v) is 2.72. The molecule has 0 spiro atoms. The molecule has 1 rings (SSSR count). The molecule has 0 aliphatic carbocycles. The lowest BCUT2D eigenvalue weighted by Crippen LogP contribution is -2.28. The molecule has 0 aromatic carbocycles. The van der Waals surface area contributed by atoms with Gasteiger partial charge in [-0.05, 0) is 12.1 Å². The number of nitrogen functional groups attached to an aromatic ring is 1. The largest absolute Gasteiger partial charge is 0.479 e. The second-order valence-electron chi connectivity index (χ2n) is 2.72. The molecule has 0 aliphatic rings. The predicted molar refractivity (Wildman–Crippen MR) is 47.3 cm³/mol. The average molecular weight is 198 g/mol. The zero-order chi connectivity index (χ0) is 10.7. The minimum absolute atomic E-state index is 0.0277. The van der Waals surface area contributed by atoms with E-state index in [9.17, 15) is 9.90 Å². The summed E-state index contributed by atoms with van der Waals surface area (Å²) in [5.41, 5.74) is 5.35. The molecule has 1 heterocycles. The number of nitrogens with zero attached hydrogens (tertiary/aromatic N) is 1. The third kappa shape index (κ3) is 2.18. The van der Waals surface area contributed by atoms with E-state index in [0.717, 1.165) is 0 Å². The van der Waals surface area contributed by atoms with E-state index < -0.39 is 18.2 Å². The maximum absolute atomic E-state index is 10.3. The summed E-state index contributed by atoms with van der Waals surface area (Å²) in [6.07, 6.45) is -3.47. The Kier molecular flexibility index (Phi) is 3.00. The second kappa shape index (κ2) is 4.03. The average Bonchev–Trinajstić information content (AvgIpc) is 2.15. The summed E-state index contributed by atoms with van der Waals surface area (Å²) in [7, 11) is 0. The molecular weight excluding hydrogens is 188 g/mol. The van der Waals surface area contributed by atoms with Gasteiger partial charge < -0.3 is 21.1 Å². The van der Waals surface area contributed by atoms with Crippen LogP contribution in [0.2, 0.25) is 0 Å². The van der Waals surface area contributed by atoms with E-state index in [1.54, 1.807) is 0 Å². The Morgan fingerprint density at radius 2 is 2.07 bits per heavy atom. The fourth-order valence-electron chi connectivity index (χ4n) is 0.930. The summed E-state index contributed by atoms with van der Waals surface area (Å²) in [6.45, 7) is 0. The van der Waals surface area contributed by atoms with Crippen LogP contribution in [0.1, 0.15) is 11.8 Å². The number of carboxylic acids is 1. The van der Waals surface area contributed by atoms with E-state index in [-0.39, 0.29) is 11.5 Å². The Bertz CT molecular complexity index is 342. The highest BCUT2D eigenvalue weighted by Gasteiger charge is 2.26. The lowest BCUT2D eigenvalue weighted by atomic mass is 10.1. The molecule has 5 N–H and O–H groups in total. The van der Waals surface area contributed by atoms with Crippen molar-refractivity contribution >= 4 is 11.8 Å². The van der Waals surface area contributed by atoms with Crippen LogP contribution in [0.4, 0.5) is 5.82 Å². The monoisotopic (exact) mass is 198 g/mol. The summed E-state index contributed by atoms with van der Waals surface area (Å²) < 4.78 is 0. The highest BCUT2D eigenvalue weighted by molar-refractivity contribution is 5.72. The SMILES string of the molecule is Nc1cccc(C(O)C(O)C(=O)O)n1. The van der Waals surface area contributed by atoms with Crippen LogP contribution in [0, 0.1) is 0 Å². The Balaban J connectivity index is 2.89. The van der Waals surface area contributed by atoms with Gasteiger partial charge in [0.25, 0.3) is 0 Å². The Labute approximate surface area is 79.6 Å². The van der Waals surface area contributed by atoms with Crippen LogP contribution in [-0.4, -0.2) is 32.4 Å². The van der Waals surface area contributed by atoms with Gasteiger partial charge in [-0.15, -0.1) is 0 Å². The van der Waals surface area contributed by atoms with Gasteiger partial charge >= 0.3 is 5.97 Å². The van der Waals surface area contributed by atoms with Crippen LogP contribution in [-0.2, 0) is 4.79 Å². The molecule has 6 heteroatoms. The molecule has 0 saturated heterocycles. The number of pyridine rings is 1. The van der Waals surface area contributed by atoms with E-state index in [4.69, 9.17) is 15.9 Å². The number of anilines is 1. The minimum atomic E-state index is -1.90. The first-order chi connectivity index (χ1) is 6.52. The van der Waals surface area contributed by atoms with Gasteiger partial charge in [0.2, 0.25) is 0 Å². The summed E-state index contributed by atoms with van der Waals surface area (Å²) in [6, 6.07) is 4.38. The molecule has 76 valence electrons. The maximum Gasteiger partial charge on any atom is 0.335 e. The van der Waals surface area contributed by atoms with E-state index >= 15 is 0 Å². The summed E-state index contributed by atoms with van der Waals surface area (Å²) in [5, 5.41) is 26.8. The number of aromatic nitrogens is 1. The number of hydrogen-bond donors (Lipinski definition) is 4. The van der Waals surface area contributed by atoms with E-state index in [1.807, 2.05) is 0 Å². The van der Waals surface area contributed by atoms with Crippen molar-refractivity contribution < 1.29 is 20.1 Å². The van der Waals surface area contributed by atoms with Gasteiger partial charge in [-0.2, -0.15) is 0 Å². The first-order valence-electron chi connectivity index (χ1n) is 3.83. The molecule has 0 saturated carbocycles. The van der Waals surface area contributed by atoms with Crippen molar-refractivity contribution in [2.45, 2.75) is 12.2 Å². The summed E-state index contributed by atoms with van der Waals surface area (Å²) >= 11 is 0. The van der Waals surface area contributed by atoms with Gasteiger partial charge in [-0.1, -0.05) is 6.07 Å². The van der Waals surface area contributed by atoms with Crippen molar-refractivity contribution in [1.82, 2.24) is 4.98 Å². The molecule has 0 aliphatic heterocycles. The van der Waals surface area contributed by atoms with Crippen molar-refractivity contribution in [1.29, 1.82) is 0 Å². The quantitative estimate of drug-likeness (QED) is 0.502. The van der Waals surface area contributed by atoms with Crippen LogP contribution in [0.5, 0.6) is 0 Å². The molecular formula is C8H10N2O4. The van der Waals surface area contributed by atoms with Crippen LogP contribution < -0.4 is 5.73 Å². The van der Waals surface area contributed by atoms with Gasteiger partial charge in [0.1, 0.15) is 11.9 Å². The zero-order valence-corrected chi connectivity index (χ0v) is 7.16. The van der Waals surface area contributed by atoms with E-state index in [1.165, 1.54) is 18.2 Å². The number of rotatable bonds is 3. The molecule has 14 heavy (non-hydrogen) atoms. The molecule has 1 aromatic heterocycles. The lowest BCUT2D eigenvalue weighted by Gasteiger charge is -2.13. The minimum Gasteiger partial charge on any atom is -0.479 e. The molecule has 0 fully saturated rings. The predicted octanol–water partition coefficient (Wildman–Crippen LogP) is -0.857. The highest BCUT2D eigenvalue weighted by Crippen LogP contribution is 2.15. The van der Waals surface area contributed by atoms with Crippen LogP contribution in [0.25, 0.3) is 0 Å². The van der Waals surface area contributed by atoms with Crippen molar-refractivity contribution in [2.75, 3.05) is 5.73 Å². The number of aliphatic hydroxyl groups is 2. The van der Waals surface area contributed by atoms with Crippen molar-refractivity contribution in [3.05, 3.63) is 23.9 Å². The number of carbonyl (C=O) groups is 1. The summed E-state index contributed by atoms with van der Waals surface area (Å²) in [4.78, 5) is 14.0. The third-order valence-electron chi connectivity index (χ3n) is 1.65. The Morgan fingerprint density at radius 3 is 2.57 bits per heavy atom. The highest BCUT2D eigenvalue weighted by atomic mass is 16.4. The molecule has 6 nitrogen and oxygen atoms in total. The van der Waals surface area contributed by atoms with Gasteiger partial charge in [0, 0.05) is 0 Å². The van der Waals surface area contributed by atoms with Crippen LogP contribution >= 0.6 is 0 Å². The smallest absolute Gasteiger partial charge is 0.335 e. The van der Waals surface area contributed by atoms with Crippen LogP contribution in [0.3, 0.4) is 0 Å². The number of nitrogens with two attached hydrogens (primary N) is 1. The standard InChI is InChI=1S/C8H10N2O4/c9-5-3-1-2-4(10-5)6(11)7(12)8(13)14/h1-3,6-7,11-12H,(H2,9,10)(H,13,14). The molecule has 2 unspecified atom stereocenters. The Morgan fingerprint density at radius 1 is 1.43 bits per heavy atom. The number of aliphatic hydroxyl groups excluding tert-OH is 2. The van der Waals surface area contributed by atoms with Gasteiger partial charge in [0.15, 0.2) is 6.10 Å². The van der Waals surface area contributed by atoms with Crippen molar-refractivity contribution in [3.8, 4) is 0 Å². The van der Waals surface area contributed by atoms with Gasteiger partial charge in [-0.25, -0.2) is 9.78 Å².